The SMILES string of the molecule is N#Cc1ccccc1NS(=O)(=O)c1ccc(Cl)c(Cl)c1. The molecule has 102 valence electrons. The van der Waals surface area contributed by atoms with Crippen molar-refractivity contribution < 1.29 is 8.42 Å². The van der Waals surface area contributed by atoms with Crippen molar-refractivity contribution in [1.82, 2.24) is 0 Å². The van der Waals surface area contributed by atoms with E-state index < -0.39 is 10.0 Å². The maximum absolute atomic E-state index is 12.2. The molecule has 0 bridgehead atoms. The summed E-state index contributed by atoms with van der Waals surface area (Å²) in [4.78, 5) is -0.0281. The van der Waals surface area contributed by atoms with Gasteiger partial charge in [-0.25, -0.2) is 8.42 Å². The number of nitrogens with one attached hydrogen (secondary N) is 1. The number of hydrogen-bond acceptors (Lipinski definition) is 3. The first-order chi connectivity index (χ1) is 9.44. The van der Waals surface area contributed by atoms with Crippen molar-refractivity contribution >= 4 is 38.9 Å². The molecule has 20 heavy (non-hydrogen) atoms. The monoisotopic (exact) mass is 326 g/mol. The highest BCUT2D eigenvalue weighted by Crippen LogP contribution is 2.26. The third-order valence-corrected chi connectivity index (χ3v) is 4.60. The van der Waals surface area contributed by atoms with Gasteiger partial charge in [-0.15, -0.1) is 0 Å². The summed E-state index contributed by atoms with van der Waals surface area (Å²) in [6.07, 6.45) is 0. The van der Waals surface area contributed by atoms with E-state index in [-0.39, 0.29) is 26.2 Å². The Bertz CT molecular complexity index is 798. The highest BCUT2D eigenvalue weighted by atomic mass is 35.5. The molecule has 0 spiro atoms. The fourth-order valence-corrected chi connectivity index (χ4v) is 2.99. The summed E-state index contributed by atoms with van der Waals surface area (Å²) in [6, 6.07) is 12.2. The predicted molar refractivity (Wildman–Crippen MR) is 78.4 cm³/mol. The minimum absolute atomic E-state index is 0.0281. The Labute approximate surface area is 126 Å². The topological polar surface area (TPSA) is 70.0 Å². The van der Waals surface area contributed by atoms with E-state index in [1.54, 1.807) is 12.1 Å². The number of anilines is 1. The van der Waals surface area contributed by atoms with Crippen LogP contribution >= 0.6 is 23.2 Å². The zero-order valence-corrected chi connectivity index (χ0v) is 12.3. The van der Waals surface area contributed by atoms with Gasteiger partial charge in [0.05, 0.1) is 26.2 Å². The van der Waals surface area contributed by atoms with Crippen LogP contribution in [-0.2, 0) is 10.0 Å². The normalized spacial score (nSPS) is 10.8. The summed E-state index contributed by atoms with van der Waals surface area (Å²) >= 11 is 11.6. The third kappa shape index (κ3) is 3.05. The van der Waals surface area contributed by atoms with Gasteiger partial charge >= 0.3 is 0 Å². The summed E-state index contributed by atoms with van der Waals surface area (Å²) in [6.45, 7) is 0. The average Bonchev–Trinajstić information content (AvgIpc) is 2.42. The number of rotatable bonds is 3. The van der Waals surface area contributed by atoms with Gasteiger partial charge in [0.1, 0.15) is 6.07 Å². The molecule has 0 unspecified atom stereocenters. The summed E-state index contributed by atoms with van der Waals surface area (Å²) < 4.78 is 26.8. The van der Waals surface area contributed by atoms with Gasteiger partial charge in [0.25, 0.3) is 10.0 Å². The fourth-order valence-electron chi connectivity index (χ4n) is 1.52. The first kappa shape index (κ1) is 14.7. The molecule has 4 nitrogen and oxygen atoms in total. The number of para-hydroxylation sites is 1. The van der Waals surface area contributed by atoms with Crippen LogP contribution < -0.4 is 4.72 Å². The quantitative estimate of drug-likeness (QED) is 0.935. The van der Waals surface area contributed by atoms with Crippen LogP contribution in [0.4, 0.5) is 5.69 Å². The minimum atomic E-state index is -3.83. The fraction of sp³-hybridized carbons (Fsp3) is 0. The van der Waals surface area contributed by atoms with Crippen LogP contribution in [0.1, 0.15) is 5.56 Å². The van der Waals surface area contributed by atoms with E-state index in [9.17, 15) is 8.42 Å². The Hall–Kier alpha value is -1.74. The van der Waals surface area contributed by atoms with Gasteiger partial charge in [-0.1, -0.05) is 35.3 Å². The molecule has 0 radical (unpaired) electrons. The molecular formula is C13H8Cl2N2O2S. The van der Waals surface area contributed by atoms with Crippen LogP contribution in [-0.4, -0.2) is 8.42 Å². The Kier molecular flexibility index (Phi) is 4.19. The molecule has 0 aliphatic heterocycles. The van der Waals surface area contributed by atoms with Gasteiger partial charge in [0.15, 0.2) is 0 Å². The first-order valence-corrected chi connectivity index (χ1v) is 7.65. The van der Waals surface area contributed by atoms with Crippen molar-refractivity contribution in [2.75, 3.05) is 4.72 Å². The Morgan fingerprint density at radius 3 is 2.40 bits per heavy atom. The molecule has 0 heterocycles. The molecule has 2 aromatic carbocycles. The van der Waals surface area contributed by atoms with E-state index in [4.69, 9.17) is 28.5 Å². The lowest BCUT2D eigenvalue weighted by Gasteiger charge is -2.09. The number of hydrogen-bond donors (Lipinski definition) is 1. The molecule has 1 N–H and O–H groups in total. The largest absolute Gasteiger partial charge is 0.278 e. The smallest absolute Gasteiger partial charge is 0.261 e. The van der Waals surface area contributed by atoms with E-state index in [0.717, 1.165) is 0 Å². The van der Waals surface area contributed by atoms with E-state index in [1.165, 1.54) is 30.3 Å². The maximum Gasteiger partial charge on any atom is 0.261 e. The number of nitrogens with zero attached hydrogens (tertiary/aromatic N) is 1. The minimum Gasteiger partial charge on any atom is -0.278 e. The highest BCUT2D eigenvalue weighted by molar-refractivity contribution is 7.92. The van der Waals surface area contributed by atoms with E-state index in [1.807, 2.05) is 6.07 Å². The molecule has 0 aliphatic rings. The van der Waals surface area contributed by atoms with E-state index in [2.05, 4.69) is 4.72 Å². The zero-order valence-electron chi connectivity index (χ0n) is 9.97. The summed E-state index contributed by atoms with van der Waals surface area (Å²) in [5, 5.41) is 9.35. The van der Waals surface area contributed by atoms with Crippen LogP contribution in [0.5, 0.6) is 0 Å². The van der Waals surface area contributed by atoms with Crippen molar-refractivity contribution in [2.24, 2.45) is 0 Å². The second-order valence-electron chi connectivity index (χ2n) is 3.84. The predicted octanol–water partition coefficient (Wildman–Crippen LogP) is 3.67. The average molecular weight is 327 g/mol. The van der Waals surface area contributed by atoms with E-state index >= 15 is 0 Å². The van der Waals surface area contributed by atoms with Gasteiger partial charge in [-0.3, -0.25) is 4.72 Å². The van der Waals surface area contributed by atoms with Gasteiger partial charge in [0.2, 0.25) is 0 Å². The third-order valence-electron chi connectivity index (χ3n) is 2.49. The molecule has 0 aromatic heterocycles. The number of nitriles is 1. The maximum atomic E-state index is 12.2. The van der Waals surface area contributed by atoms with Crippen molar-refractivity contribution in [3.8, 4) is 6.07 Å². The second kappa shape index (κ2) is 5.71. The van der Waals surface area contributed by atoms with Gasteiger partial charge < -0.3 is 0 Å². The van der Waals surface area contributed by atoms with Crippen LogP contribution in [0.15, 0.2) is 47.4 Å². The zero-order chi connectivity index (χ0) is 14.8. The number of halogens is 2. The van der Waals surface area contributed by atoms with Crippen molar-refractivity contribution in [3.63, 3.8) is 0 Å². The Morgan fingerprint density at radius 1 is 1.05 bits per heavy atom. The molecule has 0 amide bonds. The van der Waals surface area contributed by atoms with Crippen molar-refractivity contribution in [2.45, 2.75) is 4.90 Å². The van der Waals surface area contributed by atoms with Gasteiger partial charge in [0, 0.05) is 0 Å². The van der Waals surface area contributed by atoms with Crippen LogP contribution in [0.3, 0.4) is 0 Å². The second-order valence-corrected chi connectivity index (χ2v) is 6.34. The first-order valence-electron chi connectivity index (χ1n) is 5.41. The van der Waals surface area contributed by atoms with Gasteiger partial charge in [-0.05, 0) is 30.3 Å². The van der Waals surface area contributed by atoms with Crippen LogP contribution in [0.2, 0.25) is 10.0 Å². The van der Waals surface area contributed by atoms with Crippen molar-refractivity contribution in [1.29, 1.82) is 5.26 Å². The lowest BCUT2D eigenvalue weighted by atomic mass is 10.2. The Balaban J connectivity index is 2.41. The molecule has 7 heteroatoms. The van der Waals surface area contributed by atoms with Gasteiger partial charge in [-0.2, -0.15) is 5.26 Å². The summed E-state index contributed by atoms with van der Waals surface area (Å²) in [5.41, 5.74) is 0.442. The van der Waals surface area contributed by atoms with Crippen molar-refractivity contribution in [3.05, 3.63) is 58.1 Å². The number of benzene rings is 2. The molecular weight excluding hydrogens is 319 g/mol. The Morgan fingerprint density at radius 2 is 1.75 bits per heavy atom. The molecule has 2 aromatic rings. The molecule has 0 fully saturated rings. The summed E-state index contributed by atoms with van der Waals surface area (Å²) in [7, 11) is -3.83. The molecule has 0 saturated heterocycles. The molecule has 0 aliphatic carbocycles. The highest BCUT2D eigenvalue weighted by Gasteiger charge is 2.17. The number of sulfonamides is 1. The molecule has 0 atom stereocenters. The molecule has 0 saturated carbocycles. The summed E-state index contributed by atoms with van der Waals surface area (Å²) in [5.74, 6) is 0. The lowest BCUT2D eigenvalue weighted by molar-refractivity contribution is 0.601. The van der Waals surface area contributed by atoms with Crippen LogP contribution in [0.25, 0.3) is 0 Å². The lowest BCUT2D eigenvalue weighted by Crippen LogP contribution is -2.13. The van der Waals surface area contributed by atoms with Crippen LogP contribution in [0, 0.1) is 11.3 Å². The van der Waals surface area contributed by atoms with E-state index in [0.29, 0.717) is 0 Å². The standard InChI is InChI=1S/C13H8Cl2N2O2S/c14-11-6-5-10(7-12(11)15)20(18,19)17-13-4-2-1-3-9(13)8-16/h1-7,17H. The molecule has 2 rings (SSSR count).